The van der Waals surface area contributed by atoms with Crippen molar-refractivity contribution in [3.05, 3.63) is 56.2 Å². The maximum atomic E-state index is 13.0. The Kier molecular flexibility index (Phi) is 6.05. The molecule has 158 valence electrons. The Morgan fingerprint density at radius 2 is 1.87 bits per heavy atom. The fourth-order valence-corrected chi connectivity index (χ4v) is 5.60. The molecule has 0 saturated carbocycles. The van der Waals surface area contributed by atoms with Gasteiger partial charge < -0.3 is 9.80 Å². The van der Waals surface area contributed by atoms with Crippen molar-refractivity contribution in [3.63, 3.8) is 0 Å². The first-order chi connectivity index (χ1) is 14.4. The Hall–Kier alpha value is -2.46. The molecule has 2 aromatic heterocycles. The van der Waals surface area contributed by atoms with Gasteiger partial charge in [-0.1, -0.05) is 11.3 Å². The molecule has 0 unspecified atom stereocenters. The van der Waals surface area contributed by atoms with Crippen LogP contribution in [-0.4, -0.2) is 62.8 Å². The number of nitrogens with zero attached hydrogens (tertiary/aromatic N) is 4. The van der Waals surface area contributed by atoms with E-state index in [4.69, 9.17) is 4.98 Å². The number of carbonyl (C=O) groups excluding carboxylic acids is 2. The lowest BCUT2D eigenvalue weighted by atomic mass is 9.89. The highest BCUT2D eigenvalue weighted by Crippen LogP contribution is 2.32. The number of pyridine rings is 1. The van der Waals surface area contributed by atoms with Crippen LogP contribution in [0.4, 0.5) is 5.00 Å². The standard InChI is InChI=1S/C20H22N4O4S2/c1-13-2-3-15(19(25)23-10-11-29-12-23)18(21-13)14-6-8-22(9-7-14)20(26)16-4-5-17(30-16)24(27)28/h2-5,14H,6-12H2,1H3. The molecule has 4 rings (SSSR count). The molecule has 0 aromatic carbocycles. The van der Waals surface area contributed by atoms with E-state index in [0.29, 0.717) is 42.2 Å². The van der Waals surface area contributed by atoms with Crippen molar-refractivity contribution in [2.75, 3.05) is 31.3 Å². The third-order valence-electron chi connectivity index (χ3n) is 5.49. The van der Waals surface area contributed by atoms with E-state index in [0.717, 1.165) is 35.0 Å². The smallest absolute Gasteiger partial charge is 0.324 e. The van der Waals surface area contributed by atoms with Gasteiger partial charge in [0.1, 0.15) is 0 Å². The summed E-state index contributed by atoms with van der Waals surface area (Å²) in [5.41, 5.74) is 2.37. The van der Waals surface area contributed by atoms with Gasteiger partial charge in [-0.2, -0.15) is 0 Å². The molecule has 2 aromatic rings. The van der Waals surface area contributed by atoms with Crippen molar-refractivity contribution >= 4 is 39.9 Å². The molecule has 2 aliphatic rings. The topological polar surface area (TPSA) is 96.7 Å². The van der Waals surface area contributed by atoms with E-state index >= 15 is 0 Å². The Labute approximate surface area is 182 Å². The summed E-state index contributed by atoms with van der Waals surface area (Å²) in [5.74, 6) is 1.65. The molecule has 30 heavy (non-hydrogen) atoms. The van der Waals surface area contributed by atoms with Crippen molar-refractivity contribution < 1.29 is 14.5 Å². The summed E-state index contributed by atoms with van der Waals surface area (Å²) in [6.07, 6.45) is 1.43. The summed E-state index contributed by atoms with van der Waals surface area (Å²) in [5, 5.41) is 10.8. The Morgan fingerprint density at radius 1 is 1.10 bits per heavy atom. The normalized spacial score (nSPS) is 17.4. The molecule has 4 heterocycles. The highest BCUT2D eigenvalue weighted by Gasteiger charge is 2.31. The van der Waals surface area contributed by atoms with E-state index in [1.165, 1.54) is 12.1 Å². The fraction of sp³-hybridized carbons (Fsp3) is 0.450. The van der Waals surface area contributed by atoms with Gasteiger partial charge >= 0.3 is 5.00 Å². The van der Waals surface area contributed by atoms with Crippen molar-refractivity contribution in [3.8, 4) is 0 Å². The first-order valence-corrected chi connectivity index (χ1v) is 11.8. The van der Waals surface area contributed by atoms with Crippen LogP contribution in [0.5, 0.6) is 0 Å². The second-order valence-electron chi connectivity index (χ2n) is 7.45. The molecule has 0 spiro atoms. The van der Waals surface area contributed by atoms with Crippen LogP contribution in [-0.2, 0) is 0 Å². The number of carbonyl (C=O) groups is 2. The zero-order valence-electron chi connectivity index (χ0n) is 16.6. The lowest BCUT2D eigenvalue weighted by molar-refractivity contribution is -0.380. The van der Waals surface area contributed by atoms with Crippen LogP contribution in [0.3, 0.4) is 0 Å². The molecule has 2 aliphatic heterocycles. The minimum atomic E-state index is -0.478. The van der Waals surface area contributed by atoms with Gasteiger partial charge in [-0.3, -0.25) is 24.7 Å². The molecule has 0 radical (unpaired) electrons. The third-order valence-corrected chi connectivity index (χ3v) is 7.48. The minimum Gasteiger partial charge on any atom is -0.338 e. The van der Waals surface area contributed by atoms with Crippen LogP contribution >= 0.6 is 23.1 Å². The Balaban J connectivity index is 1.47. The van der Waals surface area contributed by atoms with Gasteiger partial charge in [0.15, 0.2) is 0 Å². The van der Waals surface area contributed by atoms with Crippen molar-refractivity contribution in [2.24, 2.45) is 0 Å². The van der Waals surface area contributed by atoms with Gasteiger partial charge in [-0.05, 0) is 38.0 Å². The third kappa shape index (κ3) is 4.20. The van der Waals surface area contributed by atoms with Crippen molar-refractivity contribution in [1.82, 2.24) is 14.8 Å². The molecule has 2 amide bonds. The van der Waals surface area contributed by atoms with Crippen LogP contribution in [0.1, 0.15) is 50.2 Å². The van der Waals surface area contributed by atoms with Crippen molar-refractivity contribution in [1.29, 1.82) is 0 Å². The lowest BCUT2D eigenvalue weighted by Gasteiger charge is -2.32. The number of rotatable bonds is 4. The lowest BCUT2D eigenvalue weighted by Crippen LogP contribution is -2.38. The molecule has 0 atom stereocenters. The average Bonchev–Trinajstić information content (AvgIpc) is 3.45. The van der Waals surface area contributed by atoms with Gasteiger partial charge in [-0.25, -0.2) is 0 Å². The zero-order valence-corrected chi connectivity index (χ0v) is 18.2. The summed E-state index contributed by atoms with van der Waals surface area (Å²) in [7, 11) is 0. The second-order valence-corrected chi connectivity index (χ2v) is 9.59. The average molecular weight is 447 g/mol. The number of amides is 2. The maximum absolute atomic E-state index is 13.0. The van der Waals surface area contributed by atoms with Crippen LogP contribution in [0.25, 0.3) is 0 Å². The van der Waals surface area contributed by atoms with Gasteiger partial charge in [-0.15, -0.1) is 11.8 Å². The molecule has 8 nitrogen and oxygen atoms in total. The Morgan fingerprint density at radius 3 is 2.50 bits per heavy atom. The van der Waals surface area contributed by atoms with E-state index in [1.807, 2.05) is 24.0 Å². The second kappa shape index (κ2) is 8.73. The first kappa shape index (κ1) is 20.8. The number of thioether (sulfide) groups is 1. The molecule has 0 aliphatic carbocycles. The summed E-state index contributed by atoms with van der Waals surface area (Å²) >= 11 is 2.66. The molecular weight excluding hydrogens is 424 g/mol. The monoisotopic (exact) mass is 446 g/mol. The van der Waals surface area contributed by atoms with Crippen LogP contribution in [0.2, 0.25) is 0 Å². The van der Waals surface area contributed by atoms with Gasteiger partial charge in [0.25, 0.3) is 11.8 Å². The largest absolute Gasteiger partial charge is 0.338 e. The van der Waals surface area contributed by atoms with Crippen LogP contribution < -0.4 is 0 Å². The molecular formula is C20H22N4O4S2. The molecule has 2 fully saturated rings. The zero-order chi connectivity index (χ0) is 21.3. The summed E-state index contributed by atoms with van der Waals surface area (Å²) < 4.78 is 0. The fourth-order valence-electron chi connectivity index (χ4n) is 3.87. The van der Waals surface area contributed by atoms with E-state index in [-0.39, 0.29) is 22.7 Å². The van der Waals surface area contributed by atoms with E-state index in [2.05, 4.69) is 0 Å². The summed E-state index contributed by atoms with van der Waals surface area (Å²) in [6.45, 7) is 3.76. The molecule has 0 N–H and O–H groups in total. The van der Waals surface area contributed by atoms with E-state index < -0.39 is 4.92 Å². The predicted molar refractivity (Wildman–Crippen MR) is 116 cm³/mol. The van der Waals surface area contributed by atoms with E-state index in [1.54, 1.807) is 16.7 Å². The highest BCUT2D eigenvalue weighted by molar-refractivity contribution is 7.99. The number of hydrogen-bond acceptors (Lipinski definition) is 7. The van der Waals surface area contributed by atoms with Gasteiger partial charge in [0.05, 0.1) is 26.9 Å². The number of piperidine rings is 1. The number of aromatic nitrogens is 1. The number of thiophene rings is 1. The summed E-state index contributed by atoms with van der Waals surface area (Å²) in [4.78, 5) is 44.8. The number of aryl methyl sites for hydroxylation is 1. The quantitative estimate of drug-likeness (QED) is 0.527. The van der Waals surface area contributed by atoms with Gasteiger partial charge in [0.2, 0.25) is 0 Å². The summed E-state index contributed by atoms with van der Waals surface area (Å²) in [6, 6.07) is 6.65. The van der Waals surface area contributed by atoms with Crippen LogP contribution in [0.15, 0.2) is 24.3 Å². The molecule has 2 saturated heterocycles. The molecule has 0 bridgehead atoms. The van der Waals surface area contributed by atoms with E-state index in [9.17, 15) is 19.7 Å². The number of likely N-dealkylation sites (tertiary alicyclic amines) is 1. The maximum Gasteiger partial charge on any atom is 0.324 e. The predicted octanol–water partition coefficient (Wildman–Crippen LogP) is 3.53. The molecule has 10 heteroatoms. The first-order valence-electron chi connectivity index (χ1n) is 9.82. The Bertz CT molecular complexity index is 979. The number of nitro groups is 1. The highest BCUT2D eigenvalue weighted by atomic mass is 32.2. The van der Waals surface area contributed by atoms with Crippen LogP contribution in [0, 0.1) is 17.0 Å². The van der Waals surface area contributed by atoms with Crippen molar-refractivity contribution in [2.45, 2.75) is 25.7 Å². The minimum absolute atomic E-state index is 0.0274. The number of hydrogen-bond donors (Lipinski definition) is 0. The van der Waals surface area contributed by atoms with Gasteiger partial charge in [0, 0.05) is 43.1 Å². The SMILES string of the molecule is Cc1ccc(C(=O)N2CCSC2)c(C2CCN(C(=O)c3ccc([N+](=O)[O-])s3)CC2)n1.